The minimum absolute atomic E-state index is 0.00938. The largest absolute Gasteiger partial charge is 0.465 e. The zero-order valence-corrected chi connectivity index (χ0v) is 26.0. The number of nitrogens with one attached hydrogen (secondary N) is 1. The van der Waals surface area contributed by atoms with Gasteiger partial charge in [0.15, 0.2) is 12.0 Å². The van der Waals surface area contributed by atoms with Gasteiger partial charge in [0.2, 0.25) is 11.6 Å². The van der Waals surface area contributed by atoms with Crippen LogP contribution in [0, 0.1) is 0 Å². The van der Waals surface area contributed by atoms with Crippen molar-refractivity contribution in [2.45, 2.75) is 50.0 Å². The summed E-state index contributed by atoms with van der Waals surface area (Å²) >= 11 is 0. The third-order valence-corrected chi connectivity index (χ3v) is 9.04. The topological polar surface area (TPSA) is 210 Å². The zero-order chi connectivity index (χ0) is 33.6. The van der Waals surface area contributed by atoms with E-state index in [-0.39, 0.29) is 18.8 Å². The highest BCUT2D eigenvalue weighted by atomic mass is 31.2. The van der Waals surface area contributed by atoms with E-state index in [1.165, 1.54) is 6.07 Å². The van der Waals surface area contributed by atoms with E-state index in [9.17, 15) is 34.7 Å². The fourth-order valence-electron chi connectivity index (χ4n) is 5.21. The minimum Gasteiger partial charge on any atom is -0.465 e. The maximum atomic E-state index is 14.7. The molecule has 1 saturated heterocycles. The molecule has 1 unspecified atom stereocenters. The Labute approximate surface area is 268 Å². The van der Waals surface area contributed by atoms with Crippen molar-refractivity contribution >= 4 is 36.2 Å². The summed E-state index contributed by atoms with van der Waals surface area (Å²) in [6.45, 7) is 0.657. The summed E-state index contributed by atoms with van der Waals surface area (Å²) in [6, 6.07) is 19.7. The minimum atomic E-state index is -4.70. The Kier molecular flexibility index (Phi) is 10.4. The molecule has 246 valence electrons. The summed E-state index contributed by atoms with van der Waals surface area (Å²) in [7, 11) is -4.70. The molecule has 47 heavy (non-hydrogen) atoms. The van der Waals surface area contributed by atoms with Crippen LogP contribution < -0.4 is 9.61 Å². The Morgan fingerprint density at radius 1 is 1.15 bits per heavy atom. The van der Waals surface area contributed by atoms with E-state index in [1.807, 2.05) is 12.1 Å². The van der Waals surface area contributed by atoms with Gasteiger partial charge in [0.25, 0.3) is 0 Å². The van der Waals surface area contributed by atoms with Gasteiger partial charge in [-0.05, 0) is 42.0 Å². The molecule has 3 aromatic rings. The number of benzene rings is 3. The number of rotatable bonds is 13. The summed E-state index contributed by atoms with van der Waals surface area (Å²) < 4.78 is 37.5. The number of nitrogens with zero attached hydrogens (tertiary/aromatic N) is 4. The van der Waals surface area contributed by atoms with Crippen LogP contribution in [0.25, 0.3) is 21.2 Å². The molecule has 0 aliphatic carbocycles. The monoisotopic (exact) mass is 665 g/mol. The zero-order valence-electron chi connectivity index (χ0n) is 25.1. The van der Waals surface area contributed by atoms with Crippen LogP contribution >= 0.6 is 7.75 Å². The maximum Gasteiger partial charge on any atom is 0.459 e. The maximum absolute atomic E-state index is 14.7. The van der Waals surface area contributed by atoms with Gasteiger partial charge < -0.3 is 24.2 Å². The highest BCUT2D eigenvalue weighted by Crippen LogP contribution is 2.49. The van der Waals surface area contributed by atoms with Crippen LogP contribution in [0.1, 0.15) is 18.9 Å². The first-order chi connectivity index (χ1) is 22.6. The van der Waals surface area contributed by atoms with Crippen LogP contribution in [0.5, 0.6) is 5.75 Å². The van der Waals surface area contributed by atoms with E-state index in [4.69, 9.17) is 18.5 Å². The number of aliphatic hydroxyl groups excluding tert-OH is 2. The van der Waals surface area contributed by atoms with Crippen LogP contribution in [0.2, 0.25) is 0 Å². The number of esters is 1. The SMILES string of the molecule is CCOC(=O)[C@H](Cc1ccccc1)NP(=O)(OC[C@@]1(N=[N+]=[N-])O[C@@H](N2C=CC(=O)CC2=O)[C@H](O)[C@@H]1O)Oc1cccc2ccccc12. The summed E-state index contributed by atoms with van der Waals surface area (Å²) in [5, 5.41) is 29.4. The van der Waals surface area contributed by atoms with Crippen molar-refractivity contribution < 1.29 is 47.7 Å². The normalized spacial score (nSPS) is 24.4. The molecule has 5 rings (SSSR count). The molecule has 2 aliphatic heterocycles. The van der Waals surface area contributed by atoms with Crippen molar-refractivity contribution in [3.63, 3.8) is 0 Å². The standard InChI is InChI=1S/C31H32N5O10P/c1-2-43-30(41)24(17-20-9-4-3-5-10-20)33-47(42,46-25-14-8-12-21-11-6-7-13-23(21)25)44-19-31(34-35-32)28(40)27(39)29(45-31)36-16-15-22(37)18-26(36)38/h3-16,24,27-29,39-40H,2,17-19H2,1H3,(H,33,42)/t24-,27+,28-,29+,31+,47?/m0/s1. The highest BCUT2D eigenvalue weighted by molar-refractivity contribution is 7.52. The molecule has 0 saturated carbocycles. The number of hydrogen-bond acceptors (Lipinski definition) is 11. The van der Waals surface area contributed by atoms with Crippen LogP contribution in [0.15, 0.2) is 90.2 Å². The molecule has 0 aromatic heterocycles. The molecular weight excluding hydrogens is 633 g/mol. The third-order valence-electron chi connectivity index (χ3n) is 7.50. The lowest BCUT2D eigenvalue weighted by Crippen LogP contribution is -2.46. The quantitative estimate of drug-likeness (QED) is 0.0601. The first-order valence-electron chi connectivity index (χ1n) is 14.6. The second-order valence-electron chi connectivity index (χ2n) is 10.7. The number of hydrogen-bond donors (Lipinski definition) is 3. The summed E-state index contributed by atoms with van der Waals surface area (Å²) in [4.78, 5) is 41.0. The van der Waals surface area contributed by atoms with Crippen LogP contribution in [-0.4, -0.2) is 76.2 Å². The van der Waals surface area contributed by atoms with Gasteiger partial charge >= 0.3 is 13.7 Å². The van der Waals surface area contributed by atoms with Crippen molar-refractivity contribution in [3.8, 4) is 5.75 Å². The lowest BCUT2D eigenvalue weighted by molar-refractivity contribution is -0.159. The van der Waals surface area contributed by atoms with Gasteiger partial charge in [-0.1, -0.05) is 71.8 Å². The van der Waals surface area contributed by atoms with Crippen molar-refractivity contribution in [2.24, 2.45) is 5.11 Å². The molecule has 2 heterocycles. The fraction of sp³-hybridized carbons (Fsp3) is 0.323. The predicted octanol–water partition coefficient (Wildman–Crippen LogP) is 3.51. The summed E-state index contributed by atoms with van der Waals surface area (Å²) in [6.07, 6.45) is -3.79. The van der Waals surface area contributed by atoms with Crippen molar-refractivity contribution in [3.05, 3.63) is 101 Å². The van der Waals surface area contributed by atoms with E-state index in [0.717, 1.165) is 22.6 Å². The Bertz CT molecular complexity index is 1760. The molecule has 3 aromatic carbocycles. The van der Waals surface area contributed by atoms with Gasteiger partial charge in [0.1, 0.15) is 24.0 Å². The molecule has 16 heteroatoms. The van der Waals surface area contributed by atoms with Crippen LogP contribution in [0.4, 0.5) is 0 Å². The molecule has 0 radical (unpaired) electrons. The number of fused-ring (bicyclic) bond motifs is 1. The number of carbonyl (C=O) groups excluding carboxylic acids is 3. The van der Waals surface area contributed by atoms with E-state index in [2.05, 4.69) is 15.1 Å². The molecule has 2 aliphatic rings. The van der Waals surface area contributed by atoms with Gasteiger partial charge in [0, 0.05) is 16.5 Å². The Morgan fingerprint density at radius 2 is 1.87 bits per heavy atom. The first kappa shape index (κ1) is 33.8. The summed E-state index contributed by atoms with van der Waals surface area (Å²) in [5.41, 5.74) is 7.67. The number of amides is 1. The van der Waals surface area contributed by atoms with E-state index in [1.54, 1.807) is 61.5 Å². The average Bonchev–Trinajstić information content (AvgIpc) is 3.30. The molecule has 0 bridgehead atoms. The van der Waals surface area contributed by atoms with Crippen molar-refractivity contribution in [1.82, 2.24) is 9.99 Å². The molecule has 1 fully saturated rings. The Balaban J connectivity index is 1.50. The van der Waals surface area contributed by atoms with Crippen molar-refractivity contribution in [1.29, 1.82) is 0 Å². The second-order valence-corrected chi connectivity index (χ2v) is 12.4. The predicted molar refractivity (Wildman–Crippen MR) is 166 cm³/mol. The number of aliphatic hydroxyl groups is 2. The first-order valence-corrected chi connectivity index (χ1v) is 16.1. The smallest absolute Gasteiger partial charge is 0.459 e. The molecule has 0 spiro atoms. The van der Waals surface area contributed by atoms with E-state index in [0.29, 0.717) is 10.9 Å². The molecule has 15 nitrogen and oxygen atoms in total. The third kappa shape index (κ3) is 7.53. The van der Waals surface area contributed by atoms with Crippen molar-refractivity contribution in [2.75, 3.05) is 13.2 Å². The Hall–Kier alpha value is -4.59. The lowest BCUT2D eigenvalue weighted by atomic mass is 10.1. The molecule has 3 N–H and O–H groups in total. The number of azide groups is 1. The molecule has 6 atom stereocenters. The Morgan fingerprint density at radius 3 is 2.60 bits per heavy atom. The molecule has 1 amide bonds. The number of allylic oxidation sites excluding steroid dienone is 1. The number of ketones is 1. The van der Waals surface area contributed by atoms with Gasteiger partial charge in [-0.2, -0.15) is 5.09 Å². The summed E-state index contributed by atoms with van der Waals surface area (Å²) in [5.74, 6) is -1.87. The van der Waals surface area contributed by atoms with E-state index < -0.39 is 68.6 Å². The van der Waals surface area contributed by atoms with Crippen LogP contribution in [0.3, 0.4) is 0 Å². The van der Waals surface area contributed by atoms with Gasteiger partial charge in [-0.15, -0.1) is 0 Å². The highest BCUT2D eigenvalue weighted by Gasteiger charge is 2.58. The fourth-order valence-corrected chi connectivity index (χ4v) is 6.74. The average molecular weight is 666 g/mol. The van der Waals surface area contributed by atoms with E-state index >= 15 is 0 Å². The number of ether oxygens (including phenoxy) is 2. The second kappa shape index (κ2) is 14.4. The van der Waals surface area contributed by atoms with Gasteiger partial charge in [0.05, 0.1) is 19.6 Å². The lowest BCUT2D eigenvalue weighted by Gasteiger charge is -2.31. The molecular formula is C31H32N5O10P. The number of carbonyl (C=O) groups is 3. The van der Waals surface area contributed by atoms with Gasteiger partial charge in [-0.25, -0.2) is 4.57 Å². The van der Waals surface area contributed by atoms with Crippen LogP contribution in [-0.2, 0) is 39.4 Å². The van der Waals surface area contributed by atoms with Gasteiger partial charge in [-0.3, -0.25) is 23.8 Å².